The van der Waals surface area contributed by atoms with Crippen LogP contribution in [0.25, 0.3) is 21.8 Å². The van der Waals surface area contributed by atoms with Crippen molar-refractivity contribution in [2.24, 2.45) is 0 Å². The van der Waals surface area contributed by atoms with Gasteiger partial charge in [-0.1, -0.05) is 30.3 Å². The number of carbonyl (C=O) groups excluding carboxylic acids is 1. The van der Waals surface area contributed by atoms with Crippen molar-refractivity contribution in [1.29, 1.82) is 0 Å². The summed E-state index contributed by atoms with van der Waals surface area (Å²) in [5.41, 5.74) is 0.566. The number of rotatable bonds is 6. The Morgan fingerprint density at radius 3 is 2.40 bits per heavy atom. The van der Waals surface area contributed by atoms with Crippen LogP contribution in [0.4, 0.5) is 0 Å². The first-order valence-electron chi connectivity index (χ1n) is 9.24. The van der Waals surface area contributed by atoms with E-state index in [9.17, 15) is 19.2 Å². The number of amides is 1. The summed E-state index contributed by atoms with van der Waals surface area (Å²) in [5, 5.41) is 12.3. The summed E-state index contributed by atoms with van der Waals surface area (Å²) in [6.45, 7) is -0.622. The molecule has 30 heavy (non-hydrogen) atoms. The number of nitrogens with one attached hydrogen (secondary N) is 3. The van der Waals surface area contributed by atoms with Crippen LogP contribution in [-0.2, 0) is 16.0 Å². The lowest BCUT2D eigenvalue weighted by Gasteiger charge is -2.18. The quantitative estimate of drug-likeness (QED) is 0.381. The van der Waals surface area contributed by atoms with E-state index in [0.29, 0.717) is 5.52 Å². The van der Waals surface area contributed by atoms with Gasteiger partial charge < -0.3 is 20.4 Å². The largest absolute Gasteiger partial charge is 0.480 e. The molecule has 4 aromatic rings. The molecule has 0 aliphatic heterocycles. The fourth-order valence-corrected chi connectivity index (χ4v) is 3.55. The molecule has 9 heteroatoms. The average Bonchev–Trinajstić information content (AvgIpc) is 3.14. The van der Waals surface area contributed by atoms with Crippen molar-refractivity contribution in [3.8, 4) is 0 Å². The summed E-state index contributed by atoms with van der Waals surface area (Å²) in [6.07, 6.45) is 1.74. The van der Waals surface area contributed by atoms with Crippen molar-refractivity contribution in [1.82, 2.24) is 19.9 Å². The van der Waals surface area contributed by atoms with Crippen LogP contribution in [-0.4, -0.2) is 38.1 Å². The average molecular weight is 406 g/mol. The Bertz CT molecular complexity index is 1380. The zero-order valence-corrected chi connectivity index (χ0v) is 15.7. The lowest BCUT2D eigenvalue weighted by Crippen LogP contribution is -2.46. The monoisotopic (exact) mass is 406 g/mol. The molecule has 2 aromatic carbocycles. The van der Waals surface area contributed by atoms with Gasteiger partial charge in [-0.15, -0.1) is 0 Å². The number of hydrogen-bond acceptors (Lipinski definition) is 4. The maximum atomic E-state index is 13.1. The minimum atomic E-state index is -1.23. The van der Waals surface area contributed by atoms with Crippen LogP contribution in [0.5, 0.6) is 0 Å². The van der Waals surface area contributed by atoms with Crippen LogP contribution >= 0.6 is 0 Å². The van der Waals surface area contributed by atoms with Crippen LogP contribution in [0.15, 0.2) is 64.3 Å². The molecule has 9 nitrogen and oxygen atoms in total. The highest BCUT2D eigenvalue weighted by atomic mass is 16.4. The Labute approximate surface area is 169 Å². The predicted molar refractivity (Wildman–Crippen MR) is 111 cm³/mol. The number of nitrogens with zero attached hydrogens (tertiary/aromatic N) is 1. The standard InChI is InChI=1S/C21H18N4O5/c26-18(27)11-23-19(28)17(9-12-10-22-15-7-3-1-5-13(12)15)25-20(29)14-6-2-4-8-16(14)24-21(25)30/h1-8,10,17,22H,9,11H2,(H,23,28)(H,24,30)(H,26,27)/t17-/m1/s1. The van der Waals surface area contributed by atoms with Gasteiger partial charge in [0.05, 0.1) is 10.9 Å². The first-order chi connectivity index (χ1) is 14.5. The normalized spacial score (nSPS) is 12.1. The van der Waals surface area contributed by atoms with Crippen LogP contribution in [0.1, 0.15) is 11.6 Å². The lowest BCUT2D eigenvalue weighted by atomic mass is 10.0. The molecule has 0 spiro atoms. The molecule has 2 heterocycles. The van der Waals surface area contributed by atoms with E-state index in [1.165, 1.54) is 0 Å². The van der Waals surface area contributed by atoms with Gasteiger partial charge in [0.25, 0.3) is 5.56 Å². The lowest BCUT2D eigenvalue weighted by molar-refractivity contribution is -0.138. The van der Waals surface area contributed by atoms with E-state index in [0.717, 1.165) is 21.0 Å². The highest BCUT2D eigenvalue weighted by Crippen LogP contribution is 2.22. The van der Waals surface area contributed by atoms with Crippen molar-refractivity contribution in [3.05, 3.63) is 81.1 Å². The Hall–Kier alpha value is -4.14. The molecule has 1 amide bonds. The molecule has 0 fully saturated rings. The van der Waals surface area contributed by atoms with Crippen molar-refractivity contribution < 1.29 is 14.7 Å². The second-order valence-corrected chi connectivity index (χ2v) is 6.84. The van der Waals surface area contributed by atoms with Gasteiger partial charge in [-0.05, 0) is 23.8 Å². The first-order valence-corrected chi connectivity index (χ1v) is 9.24. The fourth-order valence-electron chi connectivity index (χ4n) is 3.55. The van der Waals surface area contributed by atoms with Crippen molar-refractivity contribution in [2.45, 2.75) is 12.5 Å². The molecule has 4 N–H and O–H groups in total. The highest BCUT2D eigenvalue weighted by Gasteiger charge is 2.26. The number of hydrogen-bond donors (Lipinski definition) is 4. The number of fused-ring (bicyclic) bond motifs is 2. The maximum absolute atomic E-state index is 13.1. The summed E-state index contributed by atoms with van der Waals surface area (Å²) >= 11 is 0. The summed E-state index contributed by atoms with van der Waals surface area (Å²) in [7, 11) is 0. The number of carboxylic acids is 1. The van der Waals surface area contributed by atoms with E-state index in [4.69, 9.17) is 5.11 Å². The number of H-pyrrole nitrogens is 2. The summed E-state index contributed by atoms with van der Waals surface area (Å²) in [6, 6.07) is 12.7. The van der Waals surface area contributed by atoms with Crippen LogP contribution in [0, 0.1) is 0 Å². The van der Waals surface area contributed by atoms with E-state index in [-0.39, 0.29) is 11.8 Å². The molecule has 0 unspecified atom stereocenters. The van der Waals surface area contributed by atoms with Gasteiger partial charge in [0.15, 0.2) is 0 Å². The minimum Gasteiger partial charge on any atom is -0.480 e. The molecule has 0 bridgehead atoms. The van der Waals surface area contributed by atoms with Gasteiger partial charge in [0.2, 0.25) is 5.91 Å². The number of benzene rings is 2. The zero-order chi connectivity index (χ0) is 21.3. The molecule has 0 aliphatic carbocycles. The molecule has 0 radical (unpaired) electrons. The van der Waals surface area contributed by atoms with Gasteiger partial charge in [0, 0.05) is 23.5 Å². The van der Waals surface area contributed by atoms with E-state index in [1.54, 1.807) is 30.5 Å². The second-order valence-electron chi connectivity index (χ2n) is 6.84. The van der Waals surface area contributed by atoms with E-state index in [1.807, 2.05) is 24.3 Å². The van der Waals surface area contributed by atoms with Crippen LogP contribution in [0.3, 0.4) is 0 Å². The number of para-hydroxylation sites is 2. The van der Waals surface area contributed by atoms with E-state index in [2.05, 4.69) is 15.3 Å². The Kier molecular flexibility index (Phi) is 4.93. The molecule has 0 saturated heterocycles. The molecular weight excluding hydrogens is 388 g/mol. The van der Waals surface area contributed by atoms with Gasteiger partial charge in [-0.3, -0.25) is 14.4 Å². The number of aromatic nitrogens is 3. The third-order valence-corrected chi connectivity index (χ3v) is 4.95. The van der Waals surface area contributed by atoms with Crippen LogP contribution < -0.4 is 16.6 Å². The third kappa shape index (κ3) is 3.48. The molecular formula is C21H18N4O5. The van der Waals surface area contributed by atoms with Gasteiger partial charge in [0.1, 0.15) is 12.6 Å². The van der Waals surface area contributed by atoms with Crippen molar-refractivity contribution >= 4 is 33.7 Å². The molecule has 1 atom stereocenters. The van der Waals surface area contributed by atoms with Crippen LogP contribution in [0.2, 0.25) is 0 Å². The topological polar surface area (TPSA) is 137 Å². The first kappa shape index (κ1) is 19.2. The molecule has 0 saturated carbocycles. The van der Waals surface area contributed by atoms with E-state index >= 15 is 0 Å². The SMILES string of the molecule is O=C(O)CNC(=O)[C@@H](Cc1c[nH]c2ccccc12)n1c(=O)[nH]c2ccccc2c1=O. The second kappa shape index (κ2) is 7.70. The third-order valence-electron chi connectivity index (χ3n) is 4.95. The number of carboxylic acid groups (broad SMARTS) is 1. The molecule has 0 aliphatic rings. The minimum absolute atomic E-state index is 0.0246. The van der Waals surface area contributed by atoms with Crippen molar-refractivity contribution in [2.75, 3.05) is 6.54 Å². The highest BCUT2D eigenvalue weighted by molar-refractivity contribution is 5.87. The molecule has 4 rings (SSSR count). The van der Waals surface area contributed by atoms with Gasteiger partial charge in [-0.2, -0.15) is 0 Å². The van der Waals surface area contributed by atoms with Crippen molar-refractivity contribution in [3.63, 3.8) is 0 Å². The molecule has 2 aromatic heterocycles. The summed E-state index contributed by atoms with van der Waals surface area (Å²) < 4.78 is 0.849. The van der Waals surface area contributed by atoms with E-state index < -0.39 is 35.7 Å². The van der Waals surface area contributed by atoms with Gasteiger partial charge >= 0.3 is 11.7 Å². The number of aliphatic carboxylic acids is 1. The fraction of sp³-hybridized carbons (Fsp3) is 0.143. The maximum Gasteiger partial charge on any atom is 0.329 e. The number of aromatic amines is 2. The Morgan fingerprint density at radius 2 is 1.67 bits per heavy atom. The summed E-state index contributed by atoms with van der Waals surface area (Å²) in [5.74, 6) is -1.96. The number of carbonyl (C=O) groups is 2. The zero-order valence-electron chi connectivity index (χ0n) is 15.7. The molecule has 152 valence electrons. The Morgan fingerprint density at radius 1 is 1.00 bits per heavy atom. The predicted octanol–water partition coefficient (Wildman–Crippen LogP) is 1.16. The summed E-state index contributed by atoms with van der Waals surface area (Å²) in [4.78, 5) is 55.3. The Balaban J connectivity index is 1.84. The smallest absolute Gasteiger partial charge is 0.329 e. The van der Waals surface area contributed by atoms with Gasteiger partial charge in [-0.25, -0.2) is 9.36 Å².